The Hall–Kier alpha value is -3.23. The summed E-state index contributed by atoms with van der Waals surface area (Å²) in [6, 6.07) is 19.4. The minimum absolute atomic E-state index is 0.118. The molecule has 3 aromatic carbocycles. The molecule has 7 nitrogen and oxygen atoms in total. The number of nitrogens with zero attached hydrogens (tertiary/aromatic N) is 2. The van der Waals surface area contributed by atoms with E-state index in [1.165, 1.54) is 11.9 Å². The molecule has 0 aliphatic carbocycles. The molecule has 192 valence electrons. The van der Waals surface area contributed by atoms with Crippen LogP contribution in [0.3, 0.4) is 0 Å². The molecule has 0 saturated carbocycles. The number of rotatable bonds is 11. The Morgan fingerprint density at radius 2 is 1.64 bits per heavy atom. The number of likely N-dealkylation sites (N-methyl/N-ethyl adjacent to an activating group) is 1. The lowest BCUT2D eigenvalue weighted by Gasteiger charge is -2.30. The van der Waals surface area contributed by atoms with Crippen LogP contribution < -0.4 is 5.32 Å². The average Bonchev–Trinajstić information content (AvgIpc) is 2.87. The number of benzene rings is 3. The molecule has 0 heterocycles. The van der Waals surface area contributed by atoms with Crippen molar-refractivity contribution in [2.45, 2.75) is 51.1 Å². The molecule has 3 rings (SSSR count). The summed E-state index contributed by atoms with van der Waals surface area (Å²) < 4.78 is 27.6. The van der Waals surface area contributed by atoms with Gasteiger partial charge in [0.15, 0.2) is 0 Å². The zero-order valence-corrected chi connectivity index (χ0v) is 22.2. The highest BCUT2D eigenvalue weighted by Crippen LogP contribution is 2.22. The summed E-state index contributed by atoms with van der Waals surface area (Å²) in [6.07, 6.45) is 1.79. The molecule has 3 aromatic rings. The summed E-state index contributed by atoms with van der Waals surface area (Å²) >= 11 is 0. The van der Waals surface area contributed by atoms with Crippen molar-refractivity contribution in [1.29, 1.82) is 0 Å². The van der Waals surface area contributed by atoms with E-state index in [1.54, 1.807) is 25.1 Å². The van der Waals surface area contributed by atoms with Gasteiger partial charge in [-0.2, -0.15) is 4.31 Å². The van der Waals surface area contributed by atoms with E-state index < -0.39 is 22.0 Å². The molecular formula is C28H35N3O4S. The molecule has 0 radical (unpaired) electrons. The molecule has 0 bridgehead atoms. The molecule has 8 heteroatoms. The number of hydrogen-bond donors (Lipinski definition) is 1. The van der Waals surface area contributed by atoms with Gasteiger partial charge in [-0.3, -0.25) is 9.59 Å². The third kappa shape index (κ3) is 6.71. The predicted molar refractivity (Wildman–Crippen MR) is 143 cm³/mol. The van der Waals surface area contributed by atoms with E-state index in [1.807, 2.05) is 62.4 Å². The average molecular weight is 510 g/mol. The highest BCUT2D eigenvalue weighted by atomic mass is 32.2. The van der Waals surface area contributed by atoms with Crippen LogP contribution in [-0.4, -0.2) is 55.6 Å². The maximum Gasteiger partial charge on any atom is 0.243 e. The van der Waals surface area contributed by atoms with Crippen molar-refractivity contribution in [2.75, 3.05) is 20.1 Å². The van der Waals surface area contributed by atoms with Crippen LogP contribution in [0, 0.1) is 6.92 Å². The first-order valence-corrected chi connectivity index (χ1v) is 13.7. The van der Waals surface area contributed by atoms with Crippen molar-refractivity contribution in [3.8, 4) is 0 Å². The quantitative estimate of drug-likeness (QED) is 0.394. The lowest BCUT2D eigenvalue weighted by Crippen LogP contribution is -2.50. The van der Waals surface area contributed by atoms with Crippen LogP contribution >= 0.6 is 0 Å². The molecule has 0 saturated heterocycles. The number of unbranched alkanes of at least 4 members (excludes halogenated alkanes) is 1. The Balaban J connectivity index is 1.81. The first-order valence-electron chi connectivity index (χ1n) is 12.2. The van der Waals surface area contributed by atoms with Crippen LogP contribution in [0.4, 0.5) is 0 Å². The zero-order chi connectivity index (χ0) is 26.3. The predicted octanol–water partition coefficient (Wildman–Crippen LogP) is 4.10. The number of fused-ring (bicyclic) bond motifs is 1. The van der Waals surface area contributed by atoms with Crippen molar-refractivity contribution >= 4 is 32.6 Å². The fourth-order valence-electron chi connectivity index (χ4n) is 3.88. The van der Waals surface area contributed by atoms with Crippen LogP contribution in [-0.2, 0) is 26.2 Å². The summed E-state index contributed by atoms with van der Waals surface area (Å²) in [7, 11) is -2.53. The van der Waals surface area contributed by atoms with Gasteiger partial charge in [-0.05, 0) is 48.7 Å². The third-order valence-corrected chi connectivity index (χ3v) is 8.06. The SMILES string of the molecule is CCCCNC(=O)[C@@H](C)N(Cc1ccc(C)cc1)C(=O)CN(C)S(=O)(=O)c1ccc2ccccc2c1. The molecule has 0 aliphatic heterocycles. The van der Waals surface area contributed by atoms with Crippen molar-refractivity contribution in [2.24, 2.45) is 0 Å². The minimum Gasteiger partial charge on any atom is -0.354 e. The van der Waals surface area contributed by atoms with Gasteiger partial charge in [0.05, 0.1) is 11.4 Å². The maximum absolute atomic E-state index is 13.4. The summed E-state index contributed by atoms with van der Waals surface area (Å²) in [5.41, 5.74) is 1.95. The van der Waals surface area contributed by atoms with Crippen molar-refractivity contribution in [3.63, 3.8) is 0 Å². The maximum atomic E-state index is 13.4. The smallest absolute Gasteiger partial charge is 0.243 e. The molecule has 1 N–H and O–H groups in total. The van der Waals surface area contributed by atoms with E-state index in [-0.39, 0.29) is 23.9 Å². The molecule has 2 amide bonds. The van der Waals surface area contributed by atoms with E-state index in [9.17, 15) is 18.0 Å². The Kier molecular flexibility index (Phi) is 9.23. The minimum atomic E-state index is -3.92. The molecular weight excluding hydrogens is 474 g/mol. The molecule has 0 spiro atoms. The molecule has 1 atom stereocenters. The number of sulfonamides is 1. The van der Waals surface area contributed by atoms with Gasteiger partial charge in [-0.1, -0.05) is 73.5 Å². The molecule has 36 heavy (non-hydrogen) atoms. The Bertz CT molecular complexity index is 1310. The number of amides is 2. The van der Waals surface area contributed by atoms with Crippen molar-refractivity contribution in [3.05, 3.63) is 77.9 Å². The first-order chi connectivity index (χ1) is 17.1. The van der Waals surface area contributed by atoms with Gasteiger partial charge in [-0.25, -0.2) is 8.42 Å². The van der Waals surface area contributed by atoms with Crippen LogP contribution in [0.1, 0.15) is 37.8 Å². The van der Waals surface area contributed by atoms with Gasteiger partial charge in [0.2, 0.25) is 21.8 Å². The Labute approximate surface area is 214 Å². The number of nitrogens with one attached hydrogen (secondary N) is 1. The topological polar surface area (TPSA) is 86.8 Å². The first kappa shape index (κ1) is 27.4. The lowest BCUT2D eigenvalue weighted by molar-refractivity contribution is -0.140. The molecule has 0 aliphatic rings. The van der Waals surface area contributed by atoms with E-state index in [0.29, 0.717) is 6.54 Å². The largest absolute Gasteiger partial charge is 0.354 e. The second-order valence-corrected chi connectivity index (χ2v) is 11.1. The van der Waals surface area contributed by atoms with Gasteiger partial charge in [-0.15, -0.1) is 0 Å². The molecule has 0 unspecified atom stereocenters. The van der Waals surface area contributed by atoms with Crippen LogP contribution in [0.5, 0.6) is 0 Å². The summed E-state index contributed by atoms with van der Waals surface area (Å²) in [4.78, 5) is 27.8. The zero-order valence-electron chi connectivity index (χ0n) is 21.4. The number of carbonyl (C=O) groups excluding carboxylic acids is 2. The standard InChI is InChI=1S/C28H35N3O4S/c1-5-6-17-29-28(33)22(3)31(19-23-13-11-21(2)12-14-23)27(32)20-30(4)36(34,35)26-16-15-24-9-7-8-10-25(24)18-26/h7-16,18,22H,5-6,17,19-20H2,1-4H3,(H,29,33)/t22-/m1/s1. The fourth-order valence-corrected chi connectivity index (χ4v) is 5.04. The van der Waals surface area contributed by atoms with E-state index in [4.69, 9.17) is 0 Å². The van der Waals surface area contributed by atoms with E-state index >= 15 is 0 Å². The lowest BCUT2D eigenvalue weighted by atomic mass is 10.1. The molecule has 0 fully saturated rings. The van der Waals surface area contributed by atoms with Crippen molar-refractivity contribution < 1.29 is 18.0 Å². The fraction of sp³-hybridized carbons (Fsp3) is 0.357. The summed E-state index contributed by atoms with van der Waals surface area (Å²) in [5, 5.41) is 4.61. The molecule has 0 aromatic heterocycles. The third-order valence-electron chi connectivity index (χ3n) is 6.26. The van der Waals surface area contributed by atoms with Gasteiger partial charge in [0.25, 0.3) is 0 Å². The number of hydrogen-bond acceptors (Lipinski definition) is 4. The summed E-state index contributed by atoms with van der Waals surface area (Å²) in [5.74, 6) is -0.704. The van der Waals surface area contributed by atoms with Gasteiger partial charge in [0, 0.05) is 20.1 Å². The second-order valence-electron chi connectivity index (χ2n) is 9.10. The highest BCUT2D eigenvalue weighted by Gasteiger charge is 2.30. The van der Waals surface area contributed by atoms with Crippen LogP contribution in [0.2, 0.25) is 0 Å². The summed E-state index contributed by atoms with van der Waals surface area (Å²) in [6.45, 7) is 6.03. The van der Waals surface area contributed by atoms with Gasteiger partial charge < -0.3 is 10.2 Å². The number of aryl methyl sites for hydroxylation is 1. The Morgan fingerprint density at radius 1 is 0.972 bits per heavy atom. The van der Waals surface area contributed by atoms with Gasteiger partial charge in [0.1, 0.15) is 6.04 Å². The van der Waals surface area contributed by atoms with Crippen LogP contribution in [0.25, 0.3) is 10.8 Å². The highest BCUT2D eigenvalue weighted by molar-refractivity contribution is 7.89. The van der Waals surface area contributed by atoms with E-state index in [0.717, 1.165) is 39.0 Å². The Morgan fingerprint density at radius 3 is 2.31 bits per heavy atom. The normalized spacial score (nSPS) is 12.5. The second kappa shape index (κ2) is 12.1. The monoisotopic (exact) mass is 509 g/mol. The number of carbonyl (C=O) groups is 2. The van der Waals surface area contributed by atoms with E-state index in [2.05, 4.69) is 5.32 Å². The van der Waals surface area contributed by atoms with Crippen molar-refractivity contribution in [1.82, 2.24) is 14.5 Å². The van der Waals surface area contributed by atoms with Crippen LogP contribution in [0.15, 0.2) is 71.6 Å². The van der Waals surface area contributed by atoms with Gasteiger partial charge >= 0.3 is 0 Å².